The van der Waals surface area contributed by atoms with Gasteiger partial charge >= 0.3 is 0 Å². The molecule has 1 nitrogen and oxygen atoms in total. The highest BCUT2D eigenvalue weighted by atomic mass is 16.3. The standard InChI is InChI=1S/C18H18O/c1-18(2,19)12-11-16-9-6-10-17(14-16)13-15-7-4-3-5-8-15/h3-10,14,19H,13H2,1-2H3. The summed E-state index contributed by atoms with van der Waals surface area (Å²) in [5.74, 6) is 5.85. The first kappa shape index (κ1) is 13.4. The zero-order valence-electron chi connectivity index (χ0n) is 11.4. The molecule has 0 atom stereocenters. The molecule has 1 heteroatoms. The topological polar surface area (TPSA) is 20.2 Å². The van der Waals surface area contributed by atoms with Crippen LogP contribution in [0, 0.1) is 11.8 Å². The maximum atomic E-state index is 9.61. The molecule has 0 spiro atoms. The van der Waals surface area contributed by atoms with Crippen molar-refractivity contribution in [2.45, 2.75) is 25.9 Å². The fourth-order valence-electron chi connectivity index (χ4n) is 1.82. The van der Waals surface area contributed by atoms with Gasteiger partial charge in [-0.05, 0) is 43.5 Å². The van der Waals surface area contributed by atoms with Gasteiger partial charge in [0.25, 0.3) is 0 Å². The van der Waals surface area contributed by atoms with Crippen LogP contribution in [-0.2, 0) is 6.42 Å². The Labute approximate surface area is 114 Å². The van der Waals surface area contributed by atoms with Gasteiger partial charge in [-0.3, -0.25) is 0 Å². The molecule has 2 rings (SSSR count). The van der Waals surface area contributed by atoms with Crippen LogP contribution in [-0.4, -0.2) is 10.7 Å². The van der Waals surface area contributed by atoms with Gasteiger partial charge in [0.2, 0.25) is 0 Å². The van der Waals surface area contributed by atoms with Gasteiger partial charge in [0.1, 0.15) is 5.60 Å². The number of hydrogen-bond donors (Lipinski definition) is 1. The zero-order valence-corrected chi connectivity index (χ0v) is 11.4. The Morgan fingerprint density at radius 3 is 2.32 bits per heavy atom. The summed E-state index contributed by atoms with van der Waals surface area (Å²) in [7, 11) is 0. The molecule has 1 N–H and O–H groups in total. The summed E-state index contributed by atoms with van der Waals surface area (Å²) in [6, 6.07) is 18.5. The van der Waals surface area contributed by atoms with E-state index in [-0.39, 0.29) is 0 Å². The number of hydrogen-bond acceptors (Lipinski definition) is 1. The Morgan fingerprint density at radius 1 is 0.947 bits per heavy atom. The fraction of sp³-hybridized carbons (Fsp3) is 0.222. The Bertz CT molecular complexity index is 595. The monoisotopic (exact) mass is 250 g/mol. The molecule has 0 radical (unpaired) electrons. The first-order valence-corrected chi connectivity index (χ1v) is 6.41. The van der Waals surface area contributed by atoms with E-state index in [1.54, 1.807) is 13.8 Å². The average molecular weight is 250 g/mol. The largest absolute Gasteiger partial charge is 0.378 e. The number of benzene rings is 2. The second kappa shape index (κ2) is 5.73. The summed E-state index contributed by atoms with van der Waals surface area (Å²) in [5.41, 5.74) is 2.51. The molecule has 0 saturated carbocycles. The van der Waals surface area contributed by atoms with Crippen LogP contribution in [0.2, 0.25) is 0 Å². The van der Waals surface area contributed by atoms with Gasteiger partial charge in [0.15, 0.2) is 0 Å². The highest BCUT2D eigenvalue weighted by Gasteiger charge is 2.05. The van der Waals surface area contributed by atoms with E-state index in [0.717, 1.165) is 12.0 Å². The lowest BCUT2D eigenvalue weighted by Gasteiger charge is -2.06. The van der Waals surface area contributed by atoms with E-state index in [9.17, 15) is 5.11 Å². The Kier molecular flexibility index (Phi) is 4.04. The number of rotatable bonds is 2. The van der Waals surface area contributed by atoms with Crippen LogP contribution in [0.4, 0.5) is 0 Å². The van der Waals surface area contributed by atoms with Crippen molar-refractivity contribution < 1.29 is 5.11 Å². The quantitative estimate of drug-likeness (QED) is 0.810. The Balaban J connectivity index is 2.18. The van der Waals surface area contributed by atoms with Crippen LogP contribution in [0.1, 0.15) is 30.5 Å². The molecule has 96 valence electrons. The van der Waals surface area contributed by atoms with E-state index in [1.165, 1.54) is 11.1 Å². The first-order valence-electron chi connectivity index (χ1n) is 6.41. The molecule has 0 heterocycles. The van der Waals surface area contributed by atoms with Crippen molar-refractivity contribution in [2.75, 3.05) is 0 Å². The fourth-order valence-corrected chi connectivity index (χ4v) is 1.82. The SMILES string of the molecule is CC(C)(O)C#Cc1cccc(Cc2ccccc2)c1. The molecule has 0 aliphatic carbocycles. The summed E-state index contributed by atoms with van der Waals surface area (Å²) in [4.78, 5) is 0. The third kappa shape index (κ3) is 4.62. The summed E-state index contributed by atoms with van der Waals surface area (Å²) in [6.07, 6.45) is 0.902. The van der Waals surface area contributed by atoms with Gasteiger partial charge in [-0.1, -0.05) is 54.3 Å². The third-order valence-electron chi connectivity index (χ3n) is 2.69. The van der Waals surface area contributed by atoms with Crippen LogP contribution in [0.25, 0.3) is 0 Å². The number of aliphatic hydroxyl groups is 1. The summed E-state index contributed by atoms with van der Waals surface area (Å²) < 4.78 is 0. The van der Waals surface area contributed by atoms with Gasteiger partial charge in [-0.25, -0.2) is 0 Å². The van der Waals surface area contributed by atoms with E-state index in [4.69, 9.17) is 0 Å². The van der Waals surface area contributed by atoms with Gasteiger partial charge in [-0.15, -0.1) is 0 Å². The lowest BCUT2D eigenvalue weighted by Crippen LogP contribution is -2.14. The Morgan fingerprint density at radius 2 is 1.63 bits per heavy atom. The molecule has 0 saturated heterocycles. The molecular weight excluding hydrogens is 232 g/mol. The van der Waals surface area contributed by atoms with Crippen molar-refractivity contribution in [1.29, 1.82) is 0 Å². The van der Waals surface area contributed by atoms with Crippen molar-refractivity contribution in [3.8, 4) is 11.8 Å². The molecular formula is C18H18O. The zero-order chi connectivity index (χ0) is 13.7. The third-order valence-corrected chi connectivity index (χ3v) is 2.69. The van der Waals surface area contributed by atoms with Crippen molar-refractivity contribution in [2.24, 2.45) is 0 Å². The second-order valence-electron chi connectivity index (χ2n) is 5.17. The predicted octanol–water partition coefficient (Wildman–Crippen LogP) is 3.40. The highest BCUT2D eigenvalue weighted by Crippen LogP contribution is 2.11. The minimum atomic E-state index is -0.949. The molecule has 2 aromatic carbocycles. The van der Waals surface area contributed by atoms with Crippen molar-refractivity contribution in [1.82, 2.24) is 0 Å². The Hall–Kier alpha value is -2.04. The van der Waals surface area contributed by atoms with Crippen LogP contribution in [0.3, 0.4) is 0 Å². The summed E-state index contributed by atoms with van der Waals surface area (Å²) >= 11 is 0. The molecule has 0 unspecified atom stereocenters. The maximum Gasteiger partial charge on any atom is 0.120 e. The normalized spacial score (nSPS) is 10.7. The van der Waals surface area contributed by atoms with Gasteiger partial charge < -0.3 is 5.11 Å². The molecule has 0 aliphatic rings. The first-order chi connectivity index (χ1) is 9.03. The minimum Gasteiger partial charge on any atom is -0.378 e. The van der Waals surface area contributed by atoms with Crippen LogP contribution in [0.5, 0.6) is 0 Å². The van der Waals surface area contributed by atoms with Crippen LogP contribution >= 0.6 is 0 Å². The summed E-state index contributed by atoms with van der Waals surface area (Å²) in [5, 5.41) is 9.61. The molecule has 0 fully saturated rings. The average Bonchev–Trinajstić information content (AvgIpc) is 2.37. The second-order valence-corrected chi connectivity index (χ2v) is 5.17. The summed E-state index contributed by atoms with van der Waals surface area (Å²) in [6.45, 7) is 3.38. The molecule has 0 aliphatic heterocycles. The van der Waals surface area contributed by atoms with E-state index in [2.05, 4.69) is 36.1 Å². The van der Waals surface area contributed by atoms with E-state index < -0.39 is 5.60 Å². The van der Waals surface area contributed by atoms with Crippen molar-refractivity contribution in [3.63, 3.8) is 0 Å². The molecule has 0 amide bonds. The van der Waals surface area contributed by atoms with E-state index in [0.29, 0.717) is 0 Å². The molecule has 0 bridgehead atoms. The minimum absolute atomic E-state index is 0.902. The van der Waals surface area contributed by atoms with Gasteiger partial charge in [0, 0.05) is 5.56 Å². The smallest absolute Gasteiger partial charge is 0.120 e. The maximum absolute atomic E-state index is 9.61. The lowest BCUT2D eigenvalue weighted by molar-refractivity contribution is 0.143. The van der Waals surface area contributed by atoms with E-state index >= 15 is 0 Å². The molecule has 0 aromatic heterocycles. The molecule has 19 heavy (non-hydrogen) atoms. The van der Waals surface area contributed by atoms with E-state index in [1.807, 2.05) is 30.3 Å². The van der Waals surface area contributed by atoms with Crippen LogP contribution < -0.4 is 0 Å². The van der Waals surface area contributed by atoms with Crippen LogP contribution in [0.15, 0.2) is 54.6 Å². The van der Waals surface area contributed by atoms with Gasteiger partial charge in [-0.2, -0.15) is 0 Å². The highest BCUT2D eigenvalue weighted by molar-refractivity contribution is 5.39. The van der Waals surface area contributed by atoms with Crippen molar-refractivity contribution >= 4 is 0 Å². The lowest BCUT2D eigenvalue weighted by atomic mass is 10.0. The molecule has 2 aromatic rings. The van der Waals surface area contributed by atoms with Gasteiger partial charge in [0.05, 0.1) is 0 Å². The predicted molar refractivity (Wildman–Crippen MR) is 78.9 cm³/mol. The van der Waals surface area contributed by atoms with Crippen molar-refractivity contribution in [3.05, 3.63) is 71.3 Å².